The van der Waals surface area contributed by atoms with Gasteiger partial charge in [-0.3, -0.25) is 4.79 Å². The Labute approximate surface area is 156 Å². The highest BCUT2D eigenvalue weighted by molar-refractivity contribution is 6.35. The molecule has 4 rings (SSSR count). The molecule has 1 aliphatic heterocycles. The Morgan fingerprint density at radius 1 is 1.32 bits per heavy atom. The molecule has 0 bridgehead atoms. The average molecular weight is 379 g/mol. The van der Waals surface area contributed by atoms with Crippen LogP contribution in [0.3, 0.4) is 0 Å². The van der Waals surface area contributed by atoms with Gasteiger partial charge in [-0.2, -0.15) is 5.10 Å². The molecule has 1 aromatic heterocycles. The van der Waals surface area contributed by atoms with E-state index >= 15 is 0 Å². The molecule has 1 saturated heterocycles. The van der Waals surface area contributed by atoms with Gasteiger partial charge in [-0.25, -0.2) is 4.68 Å². The number of rotatable bonds is 2. The van der Waals surface area contributed by atoms with Gasteiger partial charge in [-0.05, 0) is 44.4 Å². The van der Waals surface area contributed by atoms with E-state index in [0.717, 1.165) is 49.3 Å². The lowest BCUT2D eigenvalue weighted by Crippen LogP contribution is -2.52. The van der Waals surface area contributed by atoms with Crippen molar-refractivity contribution in [2.24, 2.45) is 0 Å². The lowest BCUT2D eigenvalue weighted by molar-refractivity contribution is 0.0648. The van der Waals surface area contributed by atoms with Crippen LogP contribution in [-0.4, -0.2) is 46.3 Å². The van der Waals surface area contributed by atoms with Crippen molar-refractivity contribution in [1.82, 2.24) is 20.0 Å². The zero-order valence-corrected chi connectivity index (χ0v) is 15.6. The Kier molecular flexibility index (Phi) is 4.48. The standard InChI is InChI=1S/C18H20Cl2N4O/c1-11-10-21-7-8-23(11)18(25)17-13-3-2-4-15(13)24(22-17)16-6-5-12(19)9-14(16)20/h5-6,9,11,21H,2-4,7-8,10H2,1H3/t11-/m1/s1. The second kappa shape index (κ2) is 6.63. The van der Waals surface area contributed by atoms with Crippen molar-refractivity contribution in [3.8, 4) is 5.69 Å². The largest absolute Gasteiger partial charge is 0.332 e. The number of carbonyl (C=O) groups is 1. The first-order valence-corrected chi connectivity index (χ1v) is 9.39. The normalized spacial score (nSPS) is 20.0. The summed E-state index contributed by atoms with van der Waals surface area (Å²) in [6.07, 6.45) is 2.84. The summed E-state index contributed by atoms with van der Waals surface area (Å²) in [5.74, 6) is 0.0241. The third-order valence-corrected chi connectivity index (χ3v) is 5.57. The summed E-state index contributed by atoms with van der Waals surface area (Å²) < 4.78 is 1.83. The summed E-state index contributed by atoms with van der Waals surface area (Å²) in [5, 5.41) is 9.12. The van der Waals surface area contributed by atoms with E-state index in [0.29, 0.717) is 22.3 Å². The predicted molar refractivity (Wildman–Crippen MR) is 99.0 cm³/mol. The number of hydrogen-bond donors (Lipinski definition) is 1. The maximum Gasteiger partial charge on any atom is 0.274 e. The smallest absolute Gasteiger partial charge is 0.274 e. The molecule has 1 aliphatic carbocycles. The van der Waals surface area contributed by atoms with E-state index < -0.39 is 0 Å². The number of piperazine rings is 1. The first kappa shape index (κ1) is 16.9. The minimum absolute atomic E-state index is 0.0241. The molecule has 1 fully saturated rings. The molecule has 1 atom stereocenters. The van der Waals surface area contributed by atoms with Crippen LogP contribution in [0.4, 0.5) is 0 Å². The predicted octanol–water partition coefficient (Wildman–Crippen LogP) is 3.10. The highest BCUT2D eigenvalue weighted by Crippen LogP contribution is 2.32. The van der Waals surface area contributed by atoms with Crippen molar-refractivity contribution in [3.05, 3.63) is 45.2 Å². The topological polar surface area (TPSA) is 50.2 Å². The van der Waals surface area contributed by atoms with Crippen molar-refractivity contribution >= 4 is 29.1 Å². The van der Waals surface area contributed by atoms with Crippen LogP contribution in [-0.2, 0) is 12.8 Å². The lowest BCUT2D eigenvalue weighted by atomic mass is 10.1. The summed E-state index contributed by atoms with van der Waals surface area (Å²) in [7, 11) is 0. The van der Waals surface area contributed by atoms with Crippen molar-refractivity contribution in [3.63, 3.8) is 0 Å². The molecular formula is C18H20Cl2N4O. The van der Waals surface area contributed by atoms with E-state index in [4.69, 9.17) is 23.2 Å². The molecule has 1 aromatic carbocycles. The van der Waals surface area contributed by atoms with Gasteiger partial charge < -0.3 is 10.2 Å². The summed E-state index contributed by atoms with van der Waals surface area (Å²) in [5.41, 5.74) is 3.51. The zero-order valence-electron chi connectivity index (χ0n) is 14.1. The molecule has 2 aliphatic rings. The fourth-order valence-corrected chi connectivity index (χ4v) is 4.23. The summed E-state index contributed by atoms with van der Waals surface area (Å²) in [6.45, 7) is 4.42. The number of amides is 1. The Morgan fingerprint density at radius 3 is 2.92 bits per heavy atom. The number of nitrogens with zero attached hydrogens (tertiary/aromatic N) is 3. The van der Waals surface area contributed by atoms with Crippen LogP contribution in [0.5, 0.6) is 0 Å². The Morgan fingerprint density at radius 2 is 2.16 bits per heavy atom. The SMILES string of the molecule is C[C@@H]1CNCCN1C(=O)c1nn(-c2ccc(Cl)cc2Cl)c2c1CCC2. The lowest BCUT2D eigenvalue weighted by Gasteiger charge is -2.33. The minimum atomic E-state index is 0.0241. The number of fused-ring (bicyclic) bond motifs is 1. The fourth-order valence-electron chi connectivity index (χ4n) is 3.74. The van der Waals surface area contributed by atoms with E-state index in [9.17, 15) is 4.79 Å². The summed E-state index contributed by atoms with van der Waals surface area (Å²) in [4.78, 5) is 15.0. The highest BCUT2D eigenvalue weighted by Gasteiger charge is 2.32. The van der Waals surface area contributed by atoms with Gasteiger partial charge in [-0.1, -0.05) is 23.2 Å². The molecule has 2 heterocycles. The van der Waals surface area contributed by atoms with Gasteiger partial charge in [0.1, 0.15) is 0 Å². The molecule has 0 spiro atoms. The first-order chi connectivity index (χ1) is 12.1. The number of benzene rings is 1. The molecule has 25 heavy (non-hydrogen) atoms. The van der Waals surface area contributed by atoms with E-state index in [2.05, 4.69) is 17.3 Å². The van der Waals surface area contributed by atoms with Crippen LogP contribution < -0.4 is 5.32 Å². The van der Waals surface area contributed by atoms with Crippen molar-refractivity contribution in [2.75, 3.05) is 19.6 Å². The fraction of sp³-hybridized carbons (Fsp3) is 0.444. The Bertz CT molecular complexity index is 833. The van der Waals surface area contributed by atoms with Crippen LogP contribution in [0.2, 0.25) is 10.0 Å². The van der Waals surface area contributed by atoms with Gasteiger partial charge >= 0.3 is 0 Å². The van der Waals surface area contributed by atoms with Crippen LogP contribution >= 0.6 is 23.2 Å². The number of halogens is 2. The van der Waals surface area contributed by atoms with E-state index in [1.165, 1.54) is 0 Å². The maximum atomic E-state index is 13.1. The molecule has 2 aromatic rings. The third-order valence-electron chi connectivity index (χ3n) is 5.03. The Balaban J connectivity index is 1.76. The van der Waals surface area contributed by atoms with Crippen LogP contribution in [0.15, 0.2) is 18.2 Å². The molecule has 0 radical (unpaired) electrons. The molecular weight excluding hydrogens is 359 g/mol. The maximum absolute atomic E-state index is 13.1. The second-order valence-corrected chi connectivity index (χ2v) is 7.53. The minimum Gasteiger partial charge on any atom is -0.332 e. The van der Waals surface area contributed by atoms with Gasteiger partial charge in [-0.15, -0.1) is 0 Å². The number of aromatic nitrogens is 2. The van der Waals surface area contributed by atoms with E-state index in [1.54, 1.807) is 12.1 Å². The molecule has 1 amide bonds. The molecule has 0 saturated carbocycles. The molecule has 132 valence electrons. The number of nitrogens with one attached hydrogen (secondary N) is 1. The van der Waals surface area contributed by atoms with Crippen molar-refractivity contribution in [1.29, 1.82) is 0 Å². The quantitative estimate of drug-likeness (QED) is 0.873. The number of carbonyl (C=O) groups excluding carboxylic acids is 1. The van der Waals surface area contributed by atoms with E-state index in [1.807, 2.05) is 15.6 Å². The monoisotopic (exact) mass is 378 g/mol. The van der Waals surface area contributed by atoms with Gasteiger partial charge in [0.05, 0.1) is 10.7 Å². The van der Waals surface area contributed by atoms with Crippen LogP contribution in [0.1, 0.15) is 35.1 Å². The molecule has 5 nitrogen and oxygen atoms in total. The third kappa shape index (κ3) is 2.94. The summed E-state index contributed by atoms with van der Waals surface area (Å²) in [6, 6.07) is 5.54. The van der Waals surface area contributed by atoms with Gasteiger partial charge in [0.25, 0.3) is 5.91 Å². The molecule has 0 unspecified atom stereocenters. The van der Waals surface area contributed by atoms with Crippen LogP contribution in [0, 0.1) is 0 Å². The Hall–Kier alpha value is -1.56. The second-order valence-electron chi connectivity index (χ2n) is 6.69. The van der Waals surface area contributed by atoms with Crippen molar-refractivity contribution < 1.29 is 4.79 Å². The van der Waals surface area contributed by atoms with Gasteiger partial charge in [0.2, 0.25) is 0 Å². The van der Waals surface area contributed by atoms with Crippen molar-refractivity contribution in [2.45, 2.75) is 32.2 Å². The van der Waals surface area contributed by atoms with Gasteiger partial charge in [0, 0.05) is 42.0 Å². The molecule has 7 heteroatoms. The molecule has 1 N–H and O–H groups in total. The highest BCUT2D eigenvalue weighted by atomic mass is 35.5. The average Bonchev–Trinajstić information content (AvgIpc) is 3.18. The van der Waals surface area contributed by atoms with Crippen LogP contribution in [0.25, 0.3) is 5.69 Å². The number of hydrogen-bond acceptors (Lipinski definition) is 3. The van der Waals surface area contributed by atoms with Gasteiger partial charge in [0.15, 0.2) is 5.69 Å². The zero-order chi connectivity index (χ0) is 17.6. The van der Waals surface area contributed by atoms with E-state index in [-0.39, 0.29) is 11.9 Å². The summed E-state index contributed by atoms with van der Waals surface area (Å²) >= 11 is 12.4. The first-order valence-electron chi connectivity index (χ1n) is 8.64.